The van der Waals surface area contributed by atoms with Crippen molar-refractivity contribution in [1.29, 1.82) is 0 Å². The summed E-state index contributed by atoms with van der Waals surface area (Å²) in [6.07, 6.45) is 1.91. The van der Waals surface area contributed by atoms with Crippen LogP contribution in [0, 0.1) is 0 Å². The van der Waals surface area contributed by atoms with E-state index in [4.69, 9.17) is 11.6 Å². The minimum Gasteiger partial charge on any atom is -0.507 e. The Bertz CT molecular complexity index is 1730. The molecule has 6 heteroatoms. The summed E-state index contributed by atoms with van der Waals surface area (Å²) in [6, 6.07) is 27.0. The van der Waals surface area contributed by atoms with E-state index in [1.54, 1.807) is 30.3 Å². The molecule has 1 aliphatic rings. The van der Waals surface area contributed by atoms with Crippen molar-refractivity contribution in [3.8, 4) is 0 Å². The summed E-state index contributed by atoms with van der Waals surface area (Å²) in [5.74, 6) is -1.65. The smallest absolute Gasteiger partial charge is 0.300 e. The third kappa shape index (κ3) is 3.32. The number of Topliss-reactive ketones (excluding diaryl/α,β-unsaturated/α-hetero) is 1. The molecule has 2 heterocycles. The van der Waals surface area contributed by atoms with Gasteiger partial charge in [0, 0.05) is 46.0 Å². The van der Waals surface area contributed by atoms with Gasteiger partial charge in [-0.15, -0.1) is 0 Å². The Kier molecular flexibility index (Phi) is 5.16. The van der Waals surface area contributed by atoms with E-state index in [-0.39, 0.29) is 11.3 Å². The number of rotatable bonds is 3. The van der Waals surface area contributed by atoms with Crippen LogP contribution in [-0.4, -0.2) is 21.4 Å². The van der Waals surface area contributed by atoms with Crippen molar-refractivity contribution in [1.82, 2.24) is 4.57 Å². The summed E-state index contributed by atoms with van der Waals surface area (Å²) < 4.78 is 1.96. The van der Waals surface area contributed by atoms with E-state index in [2.05, 4.69) is 0 Å². The number of aliphatic hydroxyl groups excluding tert-OH is 1. The lowest BCUT2D eigenvalue weighted by Crippen LogP contribution is -2.29. The SMILES string of the molecule is Cn1cc(C2/C(=C(\O)c3cccc4ccccc34)C(=O)C(=O)N2c2cccc(Cl)c2)c2ccccc21. The molecule has 1 aliphatic heterocycles. The fraction of sp³-hybridized carbons (Fsp3) is 0.0667. The van der Waals surface area contributed by atoms with Gasteiger partial charge in [0.25, 0.3) is 11.7 Å². The second kappa shape index (κ2) is 8.40. The Morgan fingerprint density at radius 3 is 2.36 bits per heavy atom. The second-order valence-electron chi connectivity index (χ2n) is 8.89. The number of hydrogen-bond acceptors (Lipinski definition) is 3. The molecular formula is C30H21ClN2O3. The second-order valence-corrected chi connectivity index (χ2v) is 9.32. The molecule has 1 saturated heterocycles. The highest BCUT2D eigenvalue weighted by molar-refractivity contribution is 6.52. The van der Waals surface area contributed by atoms with Gasteiger partial charge >= 0.3 is 0 Å². The van der Waals surface area contributed by atoms with Crippen molar-refractivity contribution in [2.75, 3.05) is 4.90 Å². The number of aromatic nitrogens is 1. The van der Waals surface area contributed by atoms with Gasteiger partial charge in [-0.2, -0.15) is 0 Å². The Hall–Kier alpha value is -4.35. The maximum atomic E-state index is 13.6. The van der Waals surface area contributed by atoms with Gasteiger partial charge in [0.15, 0.2) is 0 Å². The van der Waals surface area contributed by atoms with Crippen molar-refractivity contribution in [2.24, 2.45) is 7.05 Å². The largest absolute Gasteiger partial charge is 0.507 e. The van der Waals surface area contributed by atoms with Gasteiger partial charge in [0.05, 0.1) is 11.6 Å². The van der Waals surface area contributed by atoms with Gasteiger partial charge in [-0.05, 0) is 35.0 Å². The van der Waals surface area contributed by atoms with Crippen LogP contribution in [0.4, 0.5) is 5.69 Å². The van der Waals surface area contributed by atoms with E-state index in [1.807, 2.05) is 78.5 Å². The van der Waals surface area contributed by atoms with Crippen LogP contribution < -0.4 is 4.90 Å². The molecule has 0 radical (unpaired) electrons. The van der Waals surface area contributed by atoms with Crippen molar-refractivity contribution >= 4 is 56.4 Å². The molecule has 1 atom stereocenters. The van der Waals surface area contributed by atoms with Gasteiger partial charge in [0.2, 0.25) is 0 Å². The number of carbonyl (C=O) groups is 2. The summed E-state index contributed by atoms with van der Waals surface area (Å²) >= 11 is 6.27. The fourth-order valence-electron chi connectivity index (χ4n) is 5.19. The molecule has 1 N–H and O–H groups in total. The van der Waals surface area contributed by atoms with Gasteiger partial charge in [-0.3, -0.25) is 14.5 Å². The number of nitrogens with zero attached hydrogens (tertiary/aromatic N) is 2. The molecule has 4 aromatic carbocycles. The average molecular weight is 493 g/mol. The third-order valence-electron chi connectivity index (χ3n) is 6.80. The number of para-hydroxylation sites is 1. The predicted molar refractivity (Wildman–Crippen MR) is 143 cm³/mol. The van der Waals surface area contributed by atoms with Crippen LogP contribution in [0.15, 0.2) is 103 Å². The van der Waals surface area contributed by atoms with E-state index in [1.165, 1.54) is 4.90 Å². The van der Waals surface area contributed by atoms with Crippen LogP contribution in [0.5, 0.6) is 0 Å². The first-order valence-corrected chi connectivity index (χ1v) is 11.9. The number of ketones is 1. The molecule has 0 saturated carbocycles. The molecule has 36 heavy (non-hydrogen) atoms. The summed E-state index contributed by atoms with van der Waals surface area (Å²) in [6.45, 7) is 0. The number of aryl methyl sites for hydroxylation is 1. The molecule has 1 unspecified atom stereocenters. The lowest BCUT2D eigenvalue weighted by atomic mass is 9.93. The normalized spacial score (nSPS) is 17.4. The summed E-state index contributed by atoms with van der Waals surface area (Å²) in [7, 11) is 1.92. The Balaban J connectivity index is 1.68. The van der Waals surface area contributed by atoms with Crippen LogP contribution in [0.3, 0.4) is 0 Å². The standard InChI is InChI=1S/C30H21ClN2O3/c1-32-17-24(22-13-4-5-15-25(22)32)27-26(28(34)23-14-6-9-18-8-2-3-12-21(18)23)29(35)30(36)33(27)20-11-7-10-19(31)16-20/h2-17,27,34H,1H3/b28-26+. The zero-order chi connectivity index (χ0) is 25.0. The monoisotopic (exact) mass is 492 g/mol. The average Bonchev–Trinajstić information content (AvgIpc) is 3.36. The quantitative estimate of drug-likeness (QED) is 0.175. The topological polar surface area (TPSA) is 62.5 Å². The lowest BCUT2D eigenvalue weighted by molar-refractivity contribution is -0.132. The van der Waals surface area contributed by atoms with Gasteiger partial charge in [-0.1, -0.05) is 78.3 Å². The van der Waals surface area contributed by atoms with Gasteiger partial charge in [-0.25, -0.2) is 0 Å². The van der Waals surface area contributed by atoms with E-state index in [9.17, 15) is 14.7 Å². The fourth-order valence-corrected chi connectivity index (χ4v) is 5.37. The van der Waals surface area contributed by atoms with E-state index >= 15 is 0 Å². The summed E-state index contributed by atoms with van der Waals surface area (Å²) in [5.41, 5.74) is 2.73. The first-order chi connectivity index (χ1) is 17.5. The van der Waals surface area contributed by atoms with Crippen LogP contribution in [0.2, 0.25) is 5.02 Å². The number of hydrogen-bond donors (Lipinski definition) is 1. The van der Waals surface area contributed by atoms with Crippen molar-refractivity contribution < 1.29 is 14.7 Å². The molecule has 0 spiro atoms. The molecular weight excluding hydrogens is 472 g/mol. The maximum absolute atomic E-state index is 13.6. The molecule has 0 bridgehead atoms. The third-order valence-corrected chi connectivity index (χ3v) is 7.03. The highest BCUT2D eigenvalue weighted by atomic mass is 35.5. The van der Waals surface area contributed by atoms with Crippen molar-refractivity contribution in [3.63, 3.8) is 0 Å². The van der Waals surface area contributed by atoms with Crippen molar-refractivity contribution in [2.45, 2.75) is 6.04 Å². The highest BCUT2D eigenvalue weighted by Crippen LogP contribution is 2.45. The van der Waals surface area contributed by atoms with Gasteiger partial charge in [0.1, 0.15) is 5.76 Å². The predicted octanol–water partition coefficient (Wildman–Crippen LogP) is 6.61. The molecule has 176 valence electrons. The first kappa shape index (κ1) is 22.1. The van der Waals surface area contributed by atoms with Gasteiger partial charge < -0.3 is 9.67 Å². The molecule has 5 aromatic rings. The summed E-state index contributed by atoms with van der Waals surface area (Å²) in [4.78, 5) is 28.6. The number of benzene rings is 4. The zero-order valence-electron chi connectivity index (χ0n) is 19.4. The lowest BCUT2D eigenvalue weighted by Gasteiger charge is -2.25. The number of fused-ring (bicyclic) bond motifs is 2. The van der Waals surface area contributed by atoms with E-state index < -0.39 is 17.7 Å². The minimum atomic E-state index is -0.839. The zero-order valence-corrected chi connectivity index (χ0v) is 20.1. The number of amides is 1. The van der Waals surface area contributed by atoms with E-state index in [0.717, 1.165) is 27.2 Å². The molecule has 6 rings (SSSR count). The highest BCUT2D eigenvalue weighted by Gasteiger charge is 2.48. The molecule has 5 nitrogen and oxygen atoms in total. The van der Waals surface area contributed by atoms with Crippen LogP contribution in [0.1, 0.15) is 17.2 Å². The number of halogens is 1. The molecule has 0 aliphatic carbocycles. The van der Waals surface area contributed by atoms with Crippen LogP contribution >= 0.6 is 11.6 Å². The number of carbonyl (C=O) groups excluding carboxylic acids is 2. The van der Waals surface area contributed by atoms with E-state index in [0.29, 0.717) is 16.3 Å². The first-order valence-electron chi connectivity index (χ1n) is 11.5. The summed E-state index contributed by atoms with van der Waals surface area (Å²) in [5, 5.41) is 14.7. The van der Waals surface area contributed by atoms with Crippen molar-refractivity contribution in [3.05, 3.63) is 119 Å². The van der Waals surface area contributed by atoms with Crippen LogP contribution in [0.25, 0.3) is 27.4 Å². The maximum Gasteiger partial charge on any atom is 0.300 e. The van der Waals surface area contributed by atoms with Crippen LogP contribution in [-0.2, 0) is 16.6 Å². The molecule has 1 fully saturated rings. The Labute approximate surface area is 212 Å². The molecule has 1 amide bonds. The number of anilines is 1. The molecule has 1 aromatic heterocycles. The Morgan fingerprint density at radius 1 is 0.861 bits per heavy atom. The minimum absolute atomic E-state index is 0.0488. The number of aliphatic hydroxyl groups is 1. The Morgan fingerprint density at radius 2 is 1.56 bits per heavy atom.